The fraction of sp³-hybridized carbons (Fsp3) is 0.333. The average molecular weight is 348 g/mol. The molecule has 1 saturated carbocycles. The molecule has 1 atom stereocenters. The van der Waals surface area contributed by atoms with Crippen LogP contribution >= 0.6 is 15.9 Å². The molecule has 21 heavy (non-hydrogen) atoms. The Hall–Kier alpha value is -1.35. The molecular formula is C18H19BrFN. The second-order valence-corrected chi connectivity index (χ2v) is 6.58. The first-order valence-electron chi connectivity index (χ1n) is 7.48. The first-order valence-corrected chi connectivity index (χ1v) is 8.27. The van der Waals surface area contributed by atoms with Crippen LogP contribution in [0, 0.1) is 11.7 Å². The molecule has 0 amide bonds. The lowest BCUT2D eigenvalue weighted by atomic mass is 10.0. The van der Waals surface area contributed by atoms with Crippen molar-refractivity contribution in [2.45, 2.75) is 32.2 Å². The van der Waals surface area contributed by atoms with Gasteiger partial charge in [-0.25, -0.2) is 4.39 Å². The smallest absolute Gasteiger partial charge is 0.123 e. The number of aryl methyl sites for hydroxylation is 1. The van der Waals surface area contributed by atoms with E-state index in [4.69, 9.17) is 0 Å². The topological polar surface area (TPSA) is 12.0 Å². The molecule has 0 aromatic heterocycles. The van der Waals surface area contributed by atoms with Crippen molar-refractivity contribution >= 4 is 21.6 Å². The van der Waals surface area contributed by atoms with E-state index in [-0.39, 0.29) is 11.9 Å². The Kier molecular flexibility index (Phi) is 4.29. The van der Waals surface area contributed by atoms with E-state index in [2.05, 4.69) is 46.4 Å². The number of rotatable bonds is 5. The molecule has 0 radical (unpaired) electrons. The highest BCUT2D eigenvalue weighted by molar-refractivity contribution is 9.10. The Morgan fingerprint density at radius 1 is 1.19 bits per heavy atom. The third kappa shape index (κ3) is 3.46. The van der Waals surface area contributed by atoms with E-state index in [0.29, 0.717) is 5.92 Å². The summed E-state index contributed by atoms with van der Waals surface area (Å²) in [5, 5.41) is 3.68. The van der Waals surface area contributed by atoms with Crippen molar-refractivity contribution in [3.05, 3.63) is 63.9 Å². The Morgan fingerprint density at radius 3 is 2.52 bits per heavy atom. The van der Waals surface area contributed by atoms with Gasteiger partial charge in [0.15, 0.2) is 0 Å². The van der Waals surface area contributed by atoms with Crippen LogP contribution in [0.2, 0.25) is 0 Å². The molecule has 0 aliphatic heterocycles. The largest absolute Gasteiger partial charge is 0.378 e. The van der Waals surface area contributed by atoms with Crippen LogP contribution in [0.5, 0.6) is 0 Å². The molecule has 0 saturated heterocycles. The SMILES string of the molecule is CCc1cc(Br)ccc1NC(c1ccc(F)cc1)C1CC1. The van der Waals surface area contributed by atoms with Crippen molar-refractivity contribution in [3.63, 3.8) is 0 Å². The van der Waals surface area contributed by atoms with E-state index in [1.807, 2.05) is 12.1 Å². The molecule has 0 bridgehead atoms. The van der Waals surface area contributed by atoms with Gasteiger partial charge in [0.25, 0.3) is 0 Å². The van der Waals surface area contributed by atoms with E-state index in [0.717, 1.165) is 10.9 Å². The highest BCUT2D eigenvalue weighted by Crippen LogP contribution is 2.43. The van der Waals surface area contributed by atoms with Crippen LogP contribution in [0.25, 0.3) is 0 Å². The van der Waals surface area contributed by atoms with E-state index in [9.17, 15) is 4.39 Å². The highest BCUT2D eigenvalue weighted by atomic mass is 79.9. The zero-order valence-electron chi connectivity index (χ0n) is 12.1. The zero-order valence-corrected chi connectivity index (χ0v) is 13.7. The quantitative estimate of drug-likeness (QED) is 0.729. The summed E-state index contributed by atoms with van der Waals surface area (Å²) < 4.78 is 14.2. The van der Waals surface area contributed by atoms with Crippen LogP contribution < -0.4 is 5.32 Å². The first-order chi connectivity index (χ1) is 10.2. The van der Waals surface area contributed by atoms with Crippen molar-refractivity contribution in [3.8, 4) is 0 Å². The van der Waals surface area contributed by atoms with Crippen LogP contribution in [0.4, 0.5) is 10.1 Å². The fourth-order valence-electron chi connectivity index (χ4n) is 2.74. The summed E-state index contributed by atoms with van der Waals surface area (Å²) in [6, 6.07) is 13.5. The molecule has 1 nitrogen and oxygen atoms in total. The minimum absolute atomic E-state index is 0.175. The number of nitrogens with one attached hydrogen (secondary N) is 1. The molecule has 0 spiro atoms. The van der Waals surface area contributed by atoms with Gasteiger partial charge in [0.2, 0.25) is 0 Å². The van der Waals surface area contributed by atoms with E-state index >= 15 is 0 Å². The predicted molar refractivity (Wildman–Crippen MR) is 89.0 cm³/mol. The molecule has 110 valence electrons. The molecule has 1 aliphatic rings. The summed E-state index contributed by atoms with van der Waals surface area (Å²) in [6.07, 6.45) is 3.47. The van der Waals surface area contributed by atoms with Crippen LogP contribution in [0.1, 0.15) is 36.9 Å². The van der Waals surface area contributed by atoms with Crippen molar-refractivity contribution < 1.29 is 4.39 Å². The van der Waals surface area contributed by atoms with Crippen molar-refractivity contribution in [1.29, 1.82) is 0 Å². The fourth-order valence-corrected chi connectivity index (χ4v) is 3.14. The molecule has 1 unspecified atom stereocenters. The van der Waals surface area contributed by atoms with Gasteiger partial charge in [0.05, 0.1) is 6.04 Å². The number of halogens is 2. The Labute approximate surface area is 133 Å². The summed E-state index contributed by atoms with van der Waals surface area (Å²) in [5.41, 5.74) is 3.66. The van der Waals surface area contributed by atoms with E-state index < -0.39 is 0 Å². The lowest BCUT2D eigenvalue weighted by molar-refractivity contribution is 0.622. The third-order valence-electron chi connectivity index (χ3n) is 4.08. The number of benzene rings is 2. The van der Waals surface area contributed by atoms with Crippen LogP contribution in [-0.4, -0.2) is 0 Å². The average Bonchev–Trinajstić information content (AvgIpc) is 3.31. The van der Waals surface area contributed by atoms with Crippen molar-refractivity contribution in [2.75, 3.05) is 5.32 Å². The Morgan fingerprint density at radius 2 is 1.90 bits per heavy atom. The van der Waals surface area contributed by atoms with Gasteiger partial charge >= 0.3 is 0 Å². The van der Waals surface area contributed by atoms with Gasteiger partial charge in [-0.3, -0.25) is 0 Å². The van der Waals surface area contributed by atoms with E-state index in [1.165, 1.54) is 29.7 Å². The lowest BCUT2D eigenvalue weighted by Gasteiger charge is -2.22. The van der Waals surface area contributed by atoms with Gasteiger partial charge in [-0.15, -0.1) is 0 Å². The highest BCUT2D eigenvalue weighted by Gasteiger charge is 2.32. The third-order valence-corrected chi connectivity index (χ3v) is 4.57. The second-order valence-electron chi connectivity index (χ2n) is 5.67. The maximum absolute atomic E-state index is 13.1. The van der Waals surface area contributed by atoms with Gasteiger partial charge in [0.1, 0.15) is 5.82 Å². The summed E-state index contributed by atoms with van der Waals surface area (Å²) in [4.78, 5) is 0. The van der Waals surface area contributed by atoms with Gasteiger partial charge < -0.3 is 5.32 Å². The standard InChI is InChI=1S/C18H19BrFN/c1-2-12-11-15(19)7-10-17(12)21-18(13-3-4-13)14-5-8-16(20)9-6-14/h5-11,13,18,21H,2-4H2,1H3. The number of anilines is 1. The molecule has 3 rings (SSSR count). The zero-order chi connectivity index (χ0) is 14.8. The molecule has 2 aromatic carbocycles. The Balaban J connectivity index is 1.87. The lowest BCUT2D eigenvalue weighted by Crippen LogP contribution is -2.14. The van der Waals surface area contributed by atoms with Crippen LogP contribution in [0.15, 0.2) is 46.9 Å². The maximum Gasteiger partial charge on any atom is 0.123 e. The normalized spacial score (nSPS) is 15.8. The van der Waals surface area contributed by atoms with Gasteiger partial charge in [-0.1, -0.05) is 35.0 Å². The molecule has 1 fully saturated rings. The molecular weight excluding hydrogens is 329 g/mol. The monoisotopic (exact) mass is 347 g/mol. The summed E-state index contributed by atoms with van der Waals surface area (Å²) in [7, 11) is 0. The molecule has 3 heteroatoms. The van der Waals surface area contributed by atoms with Gasteiger partial charge in [0, 0.05) is 10.2 Å². The number of hydrogen-bond acceptors (Lipinski definition) is 1. The van der Waals surface area contributed by atoms with Gasteiger partial charge in [-0.2, -0.15) is 0 Å². The molecule has 1 N–H and O–H groups in total. The second kappa shape index (κ2) is 6.18. The first kappa shape index (κ1) is 14.6. The van der Waals surface area contributed by atoms with Crippen molar-refractivity contribution in [2.24, 2.45) is 5.92 Å². The maximum atomic E-state index is 13.1. The number of hydrogen-bond donors (Lipinski definition) is 1. The van der Waals surface area contributed by atoms with Crippen molar-refractivity contribution in [1.82, 2.24) is 0 Å². The minimum atomic E-state index is -0.175. The van der Waals surface area contributed by atoms with Gasteiger partial charge in [-0.05, 0) is 66.6 Å². The minimum Gasteiger partial charge on any atom is -0.378 e. The molecule has 2 aromatic rings. The van der Waals surface area contributed by atoms with Crippen LogP contribution in [-0.2, 0) is 6.42 Å². The summed E-state index contributed by atoms with van der Waals surface area (Å²) in [5.74, 6) is 0.481. The summed E-state index contributed by atoms with van der Waals surface area (Å²) in [6.45, 7) is 2.16. The Bertz CT molecular complexity index is 620. The summed E-state index contributed by atoms with van der Waals surface area (Å²) >= 11 is 3.53. The predicted octanol–water partition coefficient (Wildman–Crippen LogP) is 5.71. The molecule has 1 aliphatic carbocycles. The molecule has 0 heterocycles. The van der Waals surface area contributed by atoms with Crippen LogP contribution in [0.3, 0.4) is 0 Å². The van der Waals surface area contributed by atoms with E-state index in [1.54, 1.807) is 12.1 Å².